The minimum Gasteiger partial charge on any atom is -0.267 e. The molecular weight excluding hydrogens is 212 g/mol. The lowest BCUT2D eigenvalue weighted by Crippen LogP contribution is -2.18. The van der Waals surface area contributed by atoms with Gasteiger partial charge in [0.15, 0.2) is 0 Å². The molecule has 17 heavy (non-hydrogen) atoms. The second kappa shape index (κ2) is 6.18. The van der Waals surface area contributed by atoms with Gasteiger partial charge in [0.05, 0.1) is 0 Å². The predicted molar refractivity (Wildman–Crippen MR) is 71.3 cm³/mol. The van der Waals surface area contributed by atoms with Gasteiger partial charge in [-0.15, -0.1) is 0 Å². The van der Waals surface area contributed by atoms with E-state index in [1.54, 1.807) is 6.21 Å². The molecule has 3 nitrogen and oxygen atoms in total. The quantitative estimate of drug-likeness (QED) is 0.628. The number of carbonyl (C=O) groups excluding carboxylic acids is 1. The lowest BCUT2D eigenvalue weighted by atomic mass is 10.0. The third kappa shape index (κ3) is 4.39. The molecular formula is C14H20N2O. The molecule has 0 spiro atoms. The maximum atomic E-state index is 11.7. The zero-order valence-corrected chi connectivity index (χ0v) is 10.9. The molecule has 0 aromatic heterocycles. The summed E-state index contributed by atoms with van der Waals surface area (Å²) in [7, 11) is 0. The van der Waals surface area contributed by atoms with Crippen LogP contribution in [0.25, 0.3) is 0 Å². The van der Waals surface area contributed by atoms with E-state index in [0.717, 1.165) is 0 Å². The number of amides is 1. The number of benzene rings is 1. The van der Waals surface area contributed by atoms with Crippen molar-refractivity contribution in [2.45, 2.75) is 33.6 Å². The minimum absolute atomic E-state index is 0.169. The fourth-order valence-corrected chi connectivity index (χ4v) is 1.33. The second-order valence-electron chi connectivity index (χ2n) is 4.74. The van der Waals surface area contributed by atoms with Crippen LogP contribution in [-0.4, -0.2) is 12.1 Å². The Bertz CT molecular complexity index is 391. The molecule has 1 amide bonds. The number of nitrogens with zero attached hydrogens (tertiary/aromatic N) is 1. The normalized spacial score (nSPS) is 11.4. The average Bonchev–Trinajstić information content (AvgIpc) is 2.28. The maximum absolute atomic E-state index is 11.7. The highest BCUT2D eigenvalue weighted by Gasteiger charge is 2.05. The number of hydrogen-bond acceptors (Lipinski definition) is 2. The summed E-state index contributed by atoms with van der Waals surface area (Å²) in [5.74, 6) is 0.641. The smallest absolute Gasteiger partial charge is 0.267 e. The second-order valence-corrected chi connectivity index (χ2v) is 4.74. The molecule has 0 atom stereocenters. The van der Waals surface area contributed by atoms with Crippen molar-refractivity contribution in [2.24, 2.45) is 11.0 Å². The van der Waals surface area contributed by atoms with Gasteiger partial charge in [0.25, 0.3) is 5.91 Å². The highest BCUT2D eigenvalue weighted by Crippen LogP contribution is 2.14. The first-order chi connectivity index (χ1) is 8.00. The number of carbonyl (C=O) groups is 1. The summed E-state index contributed by atoms with van der Waals surface area (Å²) in [5.41, 5.74) is 4.37. The Labute approximate surface area is 103 Å². The predicted octanol–water partition coefficient (Wildman–Crippen LogP) is 3.18. The first-order valence-electron chi connectivity index (χ1n) is 5.94. The summed E-state index contributed by atoms with van der Waals surface area (Å²) in [6, 6.07) is 7.61. The van der Waals surface area contributed by atoms with Crippen molar-refractivity contribution in [3.8, 4) is 0 Å². The standard InChI is InChI=1S/C14H20N2O/c1-10(2)9-15-16-14(17)13-7-5-12(6-8-13)11(3)4/h5-11H,1-4H3,(H,16,17). The van der Waals surface area contributed by atoms with Gasteiger partial charge >= 0.3 is 0 Å². The maximum Gasteiger partial charge on any atom is 0.271 e. The van der Waals surface area contributed by atoms with Crippen LogP contribution in [0.3, 0.4) is 0 Å². The van der Waals surface area contributed by atoms with Gasteiger partial charge in [-0.1, -0.05) is 39.8 Å². The fraction of sp³-hybridized carbons (Fsp3) is 0.429. The van der Waals surface area contributed by atoms with Crippen molar-refractivity contribution in [1.29, 1.82) is 0 Å². The summed E-state index contributed by atoms with van der Waals surface area (Å²) < 4.78 is 0. The zero-order chi connectivity index (χ0) is 12.8. The van der Waals surface area contributed by atoms with Crippen LogP contribution >= 0.6 is 0 Å². The van der Waals surface area contributed by atoms with Crippen LogP contribution in [0.15, 0.2) is 29.4 Å². The Kier molecular flexibility index (Phi) is 4.88. The SMILES string of the molecule is CC(C)C=NNC(=O)c1ccc(C(C)C)cc1. The summed E-state index contributed by atoms with van der Waals surface area (Å²) in [6.07, 6.45) is 1.71. The Morgan fingerprint density at radius 1 is 1.18 bits per heavy atom. The summed E-state index contributed by atoms with van der Waals surface area (Å²) in [6.45, 7) is 8.27. The molecule has 0 aliphatic carbocycles. The lowest BCUT2D eigenvalue weighted by Gasteiger charge is -2.06. The molecule has 1 N–H and O–H groups in total. The Morgan fingerprint density at radius 2 is 1.76 bits per heavy atom. The molecule has 0 saturated heterocycles. The molecule has 0 fully saturated rings. The van der Waals surface area contributed by atoms with Crippen molar-refractivity contribution in [3.63, 3.8) is 0 Å². The van der Waals surface area contributed by atoms with E-state index >= 15 is 0 Å². The first-order valence-corrected chi connectivity index (χ1v) is 5.94. The molecule has 0 unspecified atom stereocenters. The number of nitrogens with one attached hydrogen (secondary N) is 1. The van der Waals surface area contributed by atoms with Crippen LogP contribution in [0, 0.1) is 5.92 Å². The lowest BCUT2D eigenvalue weighted by molar-refractivity contribution is 0.0955. The molecule has 3 heteroatoms. The van der Waals surface area contributed by atoms with Gasteiger partial charge in [0, 0.05) is 11.8 Å². The summed E-state index contributed by atoms with van der Waals surface area (Å²) in [4.78, 5) is 11.7. The van der Waals surface area contributed by atoms with Gasteiger partial charge < -0.3 is 0 Å². The van der Waals surface area contributed by atoms with Crippen LogP contribution in [0.4, 0.5) is 0 Å². The fourth-order valence-electron chi connectivity index (χ4n) is 1.33. The molecule has 0 heterocycles. The molecule has 0 bridgehead atoms. The van der Waals surface area contributed by atoms with Gasteiger partial charge in [-0.2, -0.15) is 5.10 Å². The van der Waals surface area contributed by atoms with Gasteiger partial charge in [-0.05, 0) is 29.5 Å². The van der Waals surface area contributed by atoms with E-state index in [2.05, 4.69) is 24.4 Å². The minimum atomic E-state index is -0.169. The van der Waals surface area contributed by atoms with Crippen LogP contribution < -0.4 is 5.43 Å². The Morgan fingerprint density at radius 3 is 2.24 bits per heavy atom. The summed E-state index contributed by atoms with van der Waals surface area (Å²) in [5, 5.41) is 3.88. The van der Waals surface area contributed by atoms with Crippen LogP contribution in [0.2, 0.25) is 0 Å². The Hall–Kier alpha value is -1.64. The molecule has 1 aromatic carbocycles. The van der Waals surface area contributed by atoms with Gasteiger partial charge in [-0.3, -0.25) is 4.79 Å². The molecule has 0 radical (unpaired) electrons. The van der Waals surface area contributed by atoms with Gasteiger partial charge in [0.1, 0.15) is 0 Å². The Balaban J connectivity index is 2.64. The van der Waals surface area contributed by atoms with E-state index in [4.69, 9.17) is 0 Å². The molecule has 0 aliphatic rings. The van der Waals surface area contributed by atoms with Crippen LogP contribution in [-0.2, 0) is 0 Å². The van der Waals surface area contributed by atoms with Gasteiger partial charge in [-0.25, -0.2) is 5.43 Å². The van der Waals surface area contributed by atoms with Crippen molar-refractivity contribution >= 4 is 12.1 Å². The van der Waals surface area contributed by atoms with Crippen molar-refractivity contribution in [1.82, 2.24) is 5.43 Å². The zero-order valence-electron chi connectivity index (χ0n) is 10.9. The average molecular weight is 232 g/mol. The molecule has 0 saturated carbocycles. The van der Waals surface area contributed by atoms with E-state index in [1.165, 1.54) is 5.56 Å². The molecule has 1 aromatic rings. The highest BCUT2D eigenvalue weighted by atomic mass is 16.2. The van der Waals surface area contributed by atoms with E-state index in [9.17, 15) is 4.79 Å². The van der Waals surface area contributed by atoms with Crippen molar-refractivity contribution in [3.05, 3.63) is 35.4 Å². The van der Waals surface area contributed by atoms with Crippen molar-refractivity contribution < 1.29 is 4.79 Å². The largest absolute Gasteiger partial charge is 0.271 e. The third-order valence-corrected chi connectivity index (χ3v) is 2.38. The monoisotopic (exact) mass is 232 g/mol. The van der Waals surface area contributed by atoms with Crippen molar-refractivity contribution in [2.75, 3.05) is 0 Å². The van der Waals surface area contributed by atoms with Crippen LogP contribution in [0.5, 0.6) is 0 Å². The van der Waals surface area contributed by atoms with Gasteiger partial charge in [0.2, 0.25) is 0 Å². The van der Waals surface area contributed by atoms with E-state index in [1.807, 2.05) is 38.1 Å². The summed E-state index contributed by atoms with van der Waals surface area (Å²) >= 11 is 0. The van der Waals surface area contributed by atoms with E-state index < -0.39 is 0 Å². The highest BCUT2D eigenvalue weighted by molar-refractivity contribution is 5.94. The van der Waals surface area contributed by atoms with Crippen LogP contribution in [0.1, 0.15) is 49.5 Å². The van der Waals surface area contributed by atoms with E-state index in [0.29, 0.717) is 17.4 Å². The molecule has 1 rings (SSSR count). The molecule has 92 valence electrons. The first kappa shape index (κ1) is 13.4. The number of rotatable bonds is 4. The van der Waals surface area contributed by atoms with E-state index in [-0.39, 0.29) is 5.91 Å². The number of hydrazone groups is 1. The topological polar surface area (TPSA) is 41.5 Å². The third-order valence-electron chi connectivity index (χ3n) is 2.38. The number of hydrogen-bond donors (Lipinski definition) is 1. The molecule has 0 aliphatic heterocycles.